The van der Waals surface area contributed by atoms with E-state index in [-0.39, 0.29) is 36.5 Å². The van der Waals surface area contributed by atoms with Crippen LogP contribution in [-0.4, -0.2) is 49.6 Å². The molecule has 72 heavy (non-hydrogen) atoms. The van der Waals surface area contributed by atoms with Gasteiger partial charge in [-0.25, -0.2) is 9.59 Å². The van der Waals surface area contributed by atoms with Crippen LogP contribution in [0.1, 0.15) is 121 Å². The molecule has 3 N–H and O–H groups in total. The van der Waals surface area contributed by atoms with Crippen molar-refractivity contribution in [3.63, 3.8) is 0 Å². The van der Waals surface area contributed by atoms with Crippen LogP contribution in [0.2, 0.25) is 0 Å². The second kappa shape index (κ2) is 29.7. The lowest BCUT2D eigenvalue weighted by atomic mass is 9.98. The Hall–Kier alpha value is -5.80. The summed E-state index contributed by atoms with van der Waals surface area (Å²) >= 11 is 10.3. The topological polar surface area (TPSA) is 146 Å². The number of esters is 2. The van der Waals surface area contributed by atoms with Gasteiger partial charge >= 0.3 is 18.0 Å². The van der Waals surface area contributed by atoms with Gasteiger partial charge in [0.25, 0.3) is 5.91 Å². The van der Waals surface area contributed by atoms with Crippen molar-refractivity contribution in [3.8, 4) is 5.75 Å². The second-order valence-electron chi connectivity index (χ2n) is 17.3. The third-order valence-electron chi connectivity index (χ3n) is 12.3. The predicted molar refractivity (Wildman–Crippen MR) is 294 cm³/mol. The molecule has 0 saturated carbocycles. The van der Waals surface area contributed by atoms with E-state index in [4.69, 9.17) is 19.9 Å². The van der Waals surface area contributed by atoms with Crippen LogP contribution < -0.4 is 15.8 Å². The van der Waals surface area contributed by atoms with Crippen LogP contribution in [0.3, 0.4) is 0 Å². The van der Waals surface area contributed by atoms with E-state index >= 15 is 0 Å². The number of methoxy groups -OCH3 is 2. The number of hydrogen-bond donors (Lipinski definition) is 2. The maximum Gasteiger partial charge on any atom is 0.407 e. The first kappa shape index (κ1) is 57.1. The Morgan fingerprint density at radius 2 is 1.33 bits per heavy atom. The third-order valence-corrected chi connectivity index (χ3v) is 14.3. The number of benzene rings is 6. The fraction of sp³-hybridized carbons (Fsp3) is 0.310. The number of halogens is 3. The predicted octanol–water partition coefficient (Wildman–Crippen LogP) is 13.9. The number of alkyl carbamates (subject to hydrolysis) is 1. The van der Waals surface area contributed by atoms with Crippen LogP contribution in [0.4, 0.5) is 4.79 Å². The standard InChI is InChI=1S/C28H29BrN2O4.C21H27NO2.C9H8Br2O2/c1-19-16-21(13-14-26(19)34-2)25(31-17-23-22(27(31)32)10-6-11-24(23)29)12-7-15-30-28(33)35-18-20-8-4-3-5-9-20;1-16-12-13-19(14-17(16)2)20(22)10-6-7-11-21(23)24-15-18-8-4-3-5-9-18;1-13-9(12)6-3-2-4-8(11)7(6)5-10/h3-6,8-11,13-14,16,25H,7,12,15,17-18H2,1-2H3,(H,30,33);3-5,8-9,12-14,20H,6-7,10-11,15,22H2,1-2H3;2-4H,5H2,1H3/t25-;20-;/m11./s1. The largest absolute Gasteiger partial charge is 0.496 e. The smallest absolute Gasteiger partial charge is 0.407 e. The number of fused-ring (bicyclic) bond motifs is 1. The van der Waals surface area contributed by atoms with Crippen molar-refractivity contribution in [1.29, 1.82) is 0 Å². The Morgan fingerprint density at radius 1 is 0.694 bits per heavy atom. The minimum absolute atomic E-state index is 0.0231. The normalized spacial score (nSPS) is 12.2. The van der Waals surface area contributed by atoms with E-state index in [2.05, 4.69) is 96.0 Å². The molecule has 0 radical (unpaired) electrons. The quantitative estimate of drug-likeness (QED) is 0.0350. The molecule has 1 aliphatic heterocycles. The van der Waals surface area contributed by atoms with Crippen molar-refractivity contribution in [2.45, 2.75) is 96.5 Å². The number of nitrogens with one attached hydrogen (secondary N) is 1. The molecule has 1 aliphatic rings. The van der Waals surface area contributed by atoms with Gasteiger partial charge in [0.2, 0.25) is 0 Å². The van der Waals surface area contributed by atoms with E-state index in [0.717, 1.165) is 72.9 Å². The van der Waals surface area contributed by atoms with Gasteiger partial charge in [0.05, 0.1) is 25.8 Å². The Balaban J connectivity index is 0.000000224. The second-order valence-corrected chi connectivity index (χ2v) is 19.6. The zero-order chi connectivity index (χ0) is 52.0. The van der Waals surface area contributed by atoms with Gasteiger partial charge in [0, 0.05) is 45.4 Å². The molecule has 0 aliphatic carbocycles. The number of carbonyl (C=O) groups is 4. The summed E-state index contributed by atoms with van der Waals surface area (Å²) in [7, 11) is 3.03. The van der Waals surface area contributed by atoms with Gasteiger partial charge in [-0.15, -0.1) is 0 Å². The summed E-state index contributed by atoms with van der Waals surface area (Å²) in [5.41, 5.74) is 17.2. The Morgan fingerprint density at radius 3 is 1.96 bits per heavy atom. The van der Waals surface area contributed by atoms with Gasteiger partial charge < -0.3 is 34.9 Å². The molecular weight excluding hydrogens is 1110 g/mol. The molecule has 14 heteroatoms. The van der Waals surface area contributed by atoms with E-state index in [0.29, 0.717) is 49.9 Å². The highest BCUT2D eigenvalue weighted by molar-refractivity contribution is 9.11. The zero-order valence-electron chi connectivity index (χ0n) is 41.6. The lowest BCUT2D eigenvalue weighted by Gasteiger charge is -2.29. The molecule has 380 valence electrons. The average Bonchev–Trinajstić information content (AvgIpc) is 3.73. The number of hydrogen-bond acceptors (Lipinski definition) is 9. The number of aryl methyl sites for hydroxylation is 3. The molecule has 0 fully saturated rings. The Labute approximate surface area is 449 Å². The van der Waals surface area contributed by atoms with Crippen molar-refractivity contribution in [2.24, 2.45) is 5.73 Å². The highest BCUT2D eigenvalue weighted by Gasteiger charge is 2.34. The Kier molecular flexibility index (Phi) is 23.5. The van der Waals surface area contributed by atoms with Gasteiger partial charge in [0.15, 0.2) is 0 Å². The molecule has 0 aromatic heterocycles. The molecule has 0 saturated heterocycles. The minimum Gasteiger partial charge on any atom is -0.496 e. The van der Waals surface area contributed by atoms with E-state index in [1.54, 1.807) is 13.2 Å². The number of nitrogens with zero attached hydrogens (tertiary/aromatic N) is 1. The maximum atomic E-state index is 13.3. The van der Waals surface area contributed by atoms with Crippen LogP contribution in [0.15, 0.2) is 142 Å². The van der Waals surface area contributed by atoms with Crippen LogP contribution in [-0.2, 0) is 44.1 Å². The van der Waals surface area contributed by atoms with Gasteiger partial charge in [0.1, 0.15) is 19.0 Å². The van der Waals surface area contributed by atoms with E-state index in [9.17, 15) is 19.2 Å². The number of amides is 2. The highest BCUT2D eigenvalue weighted by Crippen LogP contribution is 2.38. The van der Waals surface area contributed by atoms with E-state index in [1.807, 2.05) is 115 Å². The lowest BCUT2D eigenvalue weighted by molar-refractivity contribution is -0.145. The zero-order valence-corrected chi connectivity index (χ0v) is 46.3. The summed E-state index contributed by atoms with van der Waals surface area (Å²) in [6.45, 7) is 7.79. The molecule has 0 spiro atoms. The van der Waals surface area contributed by atoms with Crippen LogP contribution in [0.5, 0.6) is 5.75 Å². The molecule has 2 amide bonds. The summed E-state index contributed by atoms with van der Waals surface area (Å²) in [6.07, 6.45) is 4.01. The SMILES string of the molecule is COC(=O)c1cccc(Br)c1CBr.COc1ccc([C@@H](CCCNC(=O)OCc2ccccc2)N2Cc3c(Br)cccc3C2=O)cc1C.Cc1ccc([C@H](N)CCCCC(=O)OCc2ccccc2)cc1C. The van der Waals surface area contributed by atoms with Crippen molar-refractivity contribution < 1.29 is 38.1 Å². The molecule has 0 unspecified atom stereocenters. The number of ether oxygens (including phenoxy) is 4. The summed E-state index contributed by atoms with van der Waals surface area (Å²) in [5.74, 6) is 0.387. The number of nitrogens with two attached hydrogens (primary N) is 1. The van der Waals surface area contributed by atoms with Crippen LogP contribution >= 0.6 is 47.8 Å². The number of alkyl halides is 1. The minimum atomic E-state index is -0.445. The number of carbonyl (C=O) groups excluding carboxylic acids is 4. The van der Waals surface area contributed by atoms with Gasteiger partial charge in [-0.1, -0.05) is 157 Å². The highest BCUT2D eigenvalue weighted by atomic mass is 79.9. The molecule has 6 aromatic carbocycles. The van der Waals surface area contributed by atoms with Gasteiger partial charge in [-0.2, -0.15) is 0 Å². The van der Waals surface area contributed by atoms with Gasteiger partial charge in [-0.3, -0.25) is 9.59 Å². The maximum absolute atomic E-state index is 13.3. The molecule has 7 rings (SSSR count). The average molecular weight is 1170 g/mol. The fourth-order valence-corrected chi connectivity index (χ4v) is 10.0. The van der Waals surface area contributed by atoms with E-state index in [1.165, 1.54) is 23.8 Å². The van der Waals surface area contributed by atoms with Gasteiger partial charge in [-0.05, 0) is 127 Å². The number of unbranched alkanes of at least 4 members (excludes halogenated alkanes) is 1. The van der Waals surface area contributed by atoms with Crippen molar-refractivity contribution in [1.82, 2.24) is 10.2 Å². The fourth-order valence-electron chi connectivity index (χ4n) is 8.04. The molecule has 1 heterocycles. The van der Waals surface area contributed by atoms with E-state index < -0.39 is 6.09 Å². The lowest BCUT2D eigenvalue weighted by Crippen LogP contribution is -2.31. The van der Waals surface area contributed by atoms with Crippen LogP contribution in [0, 0.1) is 20.8 Å². The van der Waals surface area contributed by atoms with Crippen molar-refractivity contribution in [2.75, 3.05) is 20.8 Å². The first-order valence-corrected chi connectivity index (χ1v) is 26.6. The van der Waals surface area contributed by atoms with Crippen LogP contribution in [0.25, 0.3) is 0 Å². The monoisotopic (exact) mass is 1170 g/mol. The number of rotatable bonds is 19. The van der Waals surface area contributed by atoms with Crippen molar-refractivity contribution in [3.05, 3.63) is 204 Å². The summed E-state index contributed by atoms with van der Waals surface area (Å²) in [4.78, 5) is 50.4. The third kappa shape index (κ3) is 17.2. The summed E-state index contributed by atoms with van der Waals surface area (Å²) in [5, 5.41) is 3.45. The first-order chi connectivity index (χ1) is 34.7. The molecule has 0 bridgehead atoms. The summed E-state index contributed by atoms with van der Waals surface area (Å²) < 4.78 is 22.5. The Bertz CT molecular complexity index is 2720. The summed E-state index contributed by atoms with van der Waals surface area (Å²) in [6, 6.07) is 42.8. The first-order valence-electron chi connectivity index (χ1n) is 23.9. The molecule has 11 nitrogen and oxygen atoms in total. The molecular formula is C58H64Br3N3O8. The molecule has 6 aromatic rings. The molecule has 2 atom stereocenters. The van der Waals surface area contributed by atoms with Crippen molar-refractivity contribution >= 4 is 71.7 Å².